The molecule has 176 valence electrons. The smallest absolute Gasteiger partial charge is 0.258 e. The molecule has 0 radical (unpaired) electrons. The molecule has 0 spiro atoms. The van der Waals surface area contributed by atoms with Crippen molar-refractivity contribution < 1.29 is 14.4 Å². The van der Waals surface area contributed by atoms with Crippen LogP contribution in [0.3, 0.4) is 0 Å². The molecular formula is C28H31N3O3. The molecule has 6 nitrogen and oxygen atoms in total. The van der Waals surface area contributed by atoms with Crippen molar-refractivity contribution in [3.63, 3.8) is 0 Å². The molecule has 1 N–H and O–H groups in total. The Balaban J connectivity index is 1.45. The minimum absolute atomic E-state index is 0.00542. The molecule has 0 unspecified atom stereocenters. The highest BCUT2D eigenvalue weighted by Gasteiger charge is 2.30. The van der Waals surface area contributed by atoms with Gasteiger partial charge in [0.25, 0.3) is 5.91 Å². The highest BCUT2D eigenvalue weighted by atomic mass is 16.2. The number of amides is 3. The van der Waals surface area contributed by atoms with Gasteiger partial charge in [0.1, 0.15) is 6.04 Å². The average molecular weight is 458 g/mol. The second-order valence-corrected chi connectivity index (χ2v) is 9.09. The van der Waals surface area contributed by atoms with Crippen molar-refractivity contribution in [2.75, 3.05) is 11.4 Å². The van der Waals surface area contributed by atoms with Crippen molar-refractivity contribution >= 4 is 34.2 Å². The summed E-state index contributed by atoms with van der Waals surface area (Å²) in [5.74, 6) is -0.293. The SMILES string of the molecule is CC(C)NC(=O)[C@H](C)N(Cc1ccccc1)C(=O)CCCN1C(=O)c2cccc3cccc1c23. The molecule has 0 saturated carbocycles. The first kappa shape index (κ1) is 23.5. The predicted molar refractivity (Wildman–Crippen MR) is 135 cm³/mol. The number of anilines is 1. The Morgan fingerprint density at radius 3 is 2.35 bits per heavy atom. The predicted octanol–water partition coefficient (Wildman–Crippen LogP) is 4.52. The molecule has 0 aromatic heterocycles. The van der Waals surface area contributed by atoms with E-state index in [2.05, 4.69) is 5.32 Å². The molecule has 0 saturated heterocycles. The summed E-state index contributed by atoms with van der Waals surface area (Å²) < 4.78 is 0. The topological polar surface area (TPSA) is 69.7 Å². The number of benzene rings is 3. The van der Waals surface area contributed by atoms with Crippen LogP contribution in [-0.4, -0.2) is 41.2 Å². The molecule has 3 aromatic carbocycles. The Labute approximate surface area is 200 Å². The first-order valence-corrected chi connectivity index (χ1v) is 11.8. The Hall–Kier alpha value is -3.67. The van der Waals surface area contributed by atoms with E-state index in [0.717, 1.165) is 22.0 Å². The Bertz CT molecular complexity index is 1200. The lowest BCUT2D eigenvalue weighted by atomic mass is 10.1. The van der Waals surface area contributed by atoms with E-state index in [1.54, 1.807) is 16.7 Å². The zero-order valence-corrected chi connectivity index (χ0v) is 20.0. The van der Waals surface area contributed by atoms with Crippen LogP contribution in [0.5, 0.6) is 0 Å². The van der Waals surface area contributed by atoms with Gasteiger partial charge >= 0.3 is 0 Å². The molecule has 1 heterocycles. The maximum absolute atomic E-state index is 13.3. The number of carbonyl (C=O) groups is 3. The Morgan fingerprint density at radius 1 is 0.941 bits per heavy atom. The monoisotopic (exact) mass is 457 g/mol. The van der Waals surface area contributed by atoms with Gasteiger partial charge in [-0.3, -0.25) is 14.4 Å². The maximum atomic E-state index is 13.3. The maximum Gasteiger partial charge on any atom is 0.258 e. The van der Waals surface area contributed by atoms with Gasteiger partial charge in [-0.25, -0.2) is 0 Å². The van der Waals surface area contributed by atoms with Crippen LogP contribution in [0.25, 0.3) is 10.8 Å². The number of hydrogen-bond acceptors (Lipinski definition) is 3. The lowest BCUT2D eigenvalue weighted by Gasteiger charge is -2.29. The zero-order chi connectivity index (χ0) is 24.2. The fourth-order valence-corrected chi connectivity index (χ4v) is 4.50. The minimum Gasteiger partial charge on any atom is -0.352 e. The van der Waals surface area contributed by atoms with Crippen molar-refractivity contribution in [3.05, 3.63) is 77.9 Å². The Kier molecular flexibility index (Phi) is 6.96. The van der Waals surface area contributed by atoms with E-state index in [0.29, 0.717) is 25.1 Å². The third-order valence-corrected chi connectivity index (χ3v) is 6.22. The molecule has 34 heavy (non-hydrogen) atoms. The van der Waals surface area contributed by atoms with Gasteiger partial charge in [0, 0.05) is 36.5 Å². The molecular weight excluding hydrogens is 426 g/mol. The van der Waals surface area contributed by atoms with E-state index in [4.69, 9.17) is 0 Å². The van der Waals surface area contributed by atoms with Crippen molar-refractivity contribution in [3.8, 4) is 0 Å². The van der Waals surface area contributed by atoms with E-state index in [-0.39, 0.29) is 30.2 Å². The fraction of sp³-hybridized carbons (Fsp3) is 0.321. The lowest BCUT2D eigenvalue weighted by molar-refractivity contribution is -0.140. The molecule has 1 atom stereocenters. The van der Waals surface area contributed by atoms with E-state index in [1.165, 1.54) is 0 Å². The summed E-state index contributed by atoms with van der Waals surface area (Å²) in [7, 11) is 0. The molecule has 3 amide bonds. The van der Waals surface area contributed by atoms with Gasteiger partial charge in [0.15, 0.2) is 0 Å². The second-order valence-electron chi connectivity index (χ2n) is 9.09. The van der Waals surface area contributed by atoms with E-state index >= 15 is 0 Å². The van der Waals surface area contributed by atoms with Gasteiger partial charge in [-0.1, -0.05) is 54.6 Å². The van der Waals surface area contributed by atoms with Gasteiger partial charge < -0.3 is 15.1 Å². The molecule has 0 aliphatic carbocycles. The lowest BCUT2D eigenvalue weighted by Crippen LogP contribution is -2.49. The summed E-state index contributed by atoms with van der Waals surface area (Å²) in [5.41, 5.74) is 2.58. The number of rotatable bonds is 9. The van der Waals surface area contributed by atoms with Gasteiger partial charge in [-0.15, -0.1) is 0 Å². The molecule has 0 fully saturated rings. The average Bonchev–Trinajstić information content (AvgIpc) is 3.10. The summed E-state index contributed by atoms with van der Waals surface area (Å²) in [5, 5.41) is 4.93. The van der Waals surface area contributed by atoms with Gasteiger partial charge in [0.2, 0.25) is 11.8 Å². The molecule has 1 aliphatic rings. The molecule has 4 rings (SSSR count). The number of nitrogens with zero attached hydrogens (tertiary/aromatic N) is 2. The largest absolute Gasteiger partial charge is 0.352 e. The summed E-state index contributed by atoms with van der Waals surface area (Å²) in [6.07, 6.45) is 0.765. The molecule has 6 heteroatoms. The molecule has 0 bridgehead atoms. The highest BCUT2D eigenvalue weighted by molar-refractivity contribution is 6.25. The van der Waals surface area contributed by atoms with Crippen LogP contribution >= 0.6 is 0 Å². The zero-order valence-electron chi connectivity index (χ0n) is 20.0. The summed E-state index contributed by atoms with van der Waals surface area (Å²) >= 11 is 0. The Morgan fingerprint density at radius 2 is 1.65 bits per heavy atom. The van der Waals surface area contributed by atoms with Crippen molar-refractivity contribution in [2.24, 2.45) is 0 Å². The third kappa shape index (κ3) is 4.81. The quantitative estimate of drug-likeness (QED) is 0.514. The van der Waals surface area contributed by atoms with Crippen LogP contribution in [0.1, 0.15) is 49.5 Å². The number of nitrogens with one attached hydrogen (secondary N) is 1. The van der Waals surface area contributed by atoms with Crippen molar-refractivity contribution in [2.45, 2.75) is 52.2 Å². The van der Waals surface area contributed by atoms with Crippen molar-refractivity contribution in [1.29, 1.82) is 0 Å². The summed E-state index contributed by atoms with van der Waals surface area (Å²) in [6, 6.07) is 20.8. The van der Waals surface area contributed by atoms with E-state index in [9.17, 15) is 14.4 Å². The van der Waals surface area contributed by atoms with Crippen LogP contribution in [0.2, 0.25) is 0 Å². The van der Waals surface area contributed by atoms with E-state index < -0.39 is 6.04 Å². The minimum atomic E-state index is -0.596. The van der Waals surface area contributed by atoms with Crippen LogP contribution in [0.15, 0.2) is 66.7 Å². The van der Waals surface area contributed by atoms with Crippen LogP contribution < -0.4 is 10.2 Å². The van der Waals surface area contributed by atoms with Gasteiger partial charge in [-0.05, 0) is 50.3 Å². The summed E-state index contributed by atoms with van der Waals surface area (Å²) in [4.78, 5) is 42.4. The molecule has 3 aromatic rings. The highest BCUT2D eigenvalue weighted by Crippen LogP contribution is 2.37. The van der Waals surface area contributed by atoms with Crippen LogP contribution in [0, 0.1) is 0 Å². The third-order valence-electron chi connectivity index (χ3n) is 6.22. The number of carbonyl (C=O) groups excluding carboxylic acids is 3. The first-order chi connectivity index (χ1) is 16.4. The first-order valence-electron chi connectivity index (χ1n) is 11.8. The summed E-state index contributed by atoms with van der Waals surface area (Å²) in [6.45, 7) is 6.38. The molecule has 1 aliphatic heterocycles. The fourth-order valence-electron chi connectivity index (χ4n) is 4.50. The van der Waals surface area contributed by atoms with Crippen LogP contribution in [0.4, 0.5) is 5.69 Å². The van der Waals surface area contributed by atoms with Gasteiger partial charge in [0.05, 0.1) is 5.69 Å². The van der Waals surface area contributed by atoms with Gasteiger partial charge in [-0.2, -0.15) is 0 Å². The van der Waals surface area contributed by atoms with Crippen LogP contribution in [-0.2, 0) is 16.1 Å². The van der Waals surface area contributed by atoms with E-state index in [1.807, 2.05) is 80.6 Å². The normalized spacial score (nSPS) is 13.4. The number of hydrogen-bond donors (Lipinski definition) is 1. The van der Waals surface area contributed by atoms with Crippen molar-refractivity contribution in [1.82, 2.24) is 10.2 Å². The second kappa shape index (κ2) is 10.1. The standard InChI is InChI=1S/C28H31N3O3/c1-19(2)29-27(33)20(3)31(18-21-10-5-4-6-11-21)25(32)16-9-17-30-24-15-8-13-22-12-7-14-23(26(22)24)28(30)34/h4-8,10-15,19-20H,9,16-18H2,1-3H3,(H,29,33)/t20-/m0/s1.